The zero-order chi connectivity index (χ0) is 9.68. The van der Waals surface area contributed by atoms with Crippen LogP contribution >= 0.6 is 11.6 Å². The van der Waals surface area contributed by atoms with Crippen molar-refractivity contribution in [3.8, 4) is 0 Å². The van der Waals surface area contributed by atoms with Gasteiger partial charge >= 0.3 is 0 Å². The zero-order valence-corrected chi connectivity index (χ0v) is 8.42. The molecule has 0 aliphatic heterocycles. The maximum absolute atomic E-state index is 11.2. The summed E-state index contributed by atoms with van der Waals surface area (Å²) in [7, 11) is 0. The van der Waals surface area contributed by atoms with Crippen molar-refractivity contribution in [2.75, 3.05) is 0 Å². The number of carbonyl (C=O) groups excluding carboxylic acids is 1. The monoisotopic (exact) mass is 196 g/mol. The van der Waals surface area contributed by atoms with Gasteiger partial charge in [-0.1, -0.05) is 37.3 Å². The van der Waals surface area contributed by atoms with Crippen molar-refractivity contribution in [2.24, 2.45) is 0 Å². The summed E-state index contributed by atoms with van der Waals surface area (Å²) in [5, 5.41) is -0.368. The summed E-state index contributed by atoms with van der Waals surface area (Å²) in [6.45, 7) is 1.84. The summed E-state index contributed by atoms with van der Waals surface area (Å²) in [6.07, 6.45) is 1.15. The van der Waals surface area contributed by atoms with Gasteiger partial charge in [0.05, 0.1) is 5.38 Å². The molecule has 13 heavy (non-hydrogen) atoms. The lowest BCUT2D eigenvalue weighted by atomic mass is 10.1. The smallest absolute Gasteiger partial charge is 0.150 e. The minimum absolute atomic E-state index is 0.116. The van der Waals surface area contributed by atoms with Crippen LogP contribution in [0.1, 0.15) is 18.9 Å². The Balaban J connectivity index is 2.55. The lowest BCUT2D eigenvalue weighted by Crippen LogP contribution is -2.15. The maximum atomic E-state index is 11.2. The standard InChI is InChI=1S/C11H13ClO/c1-2-11(13)10(12)8-9-6-4-3-5-7-9/h3-7,10H,2,8H2,1H3. The number of Topliss-reactive ketones (excluding diaryl/α,β-unsaturated/α-hetero) is 1. The molecule has 0 saturated carbocycles. The molecule has 0 heterocycles. The summed E-state index contributed by atoms with van der Waals surface area (Å²) in [6, 6.07) is 9.83. The summed E-state index contributed by atoms with van der Waals surface area (Å²) >= 11 is 5.92. The third kappa shape index (κ3) is 3.19. The summed E-state index contributed by atoms with van der Waals surface area (Å²) in [5.41, 5.74) is 1.12. The highest BCUT2D eigenvalue weighted by atomic mass is 35.5. The second kappa shape index (κ2) is 5.03. The van der Waals surface area contributed by atoms with Crippen molar-refractivity contribution in [3.63, 3.8) is 0 Å². The first kappa shape index (κ1) is 10.3. The first-order valence-corrected chi connectivity index (χ1v) is 4.88. The first-order valence-electron chi connectivity index (χ1n) is 4.44. The van der Waals surface area contributed by atoms with Crippen LogP contribution in [0.4, 0.5) is 0 Å². The Kier molecular flexibility index (Phi) is 3.97. The van der Waals surface area contributed by atoms with Gasteiger partial charge in [0.25, 0.3) is 0 Å². The van der Waals surface area contributed by atoms with Gasteiger partial charge in [-0.15, -0.1) is 11.6 Å². The number of benzene rings is 1. The molecular weight excluding hydrogens is 184 g/mol. The fourth-order valence-electron chi connectivity index (χ4n) is 1.16. The number of carbonyl (C=O) groups is 1. The molecule has 0 aliphatic rings. The molecule has 0 fully saturated rings. The van der Waals surface area contributed by atoms with Crippen molar-refractivity contribution in [2.45, 2.75) is 25.1 Å². The molecule has 1 rings (SSSR count). The normalized spacial score (nSPS) is 12.5. The van der Waals surface area contributed by atoms with Gasteiger partial charge in [0.15, 0.2) is 5.78 Å². The van der Waals surface area contributed by atoms with Gasteiger partial charge < -0.3 is 0 Å². The molecule has 1 unspecified atom stereocenters. The molecule has 0 spiro atoms. The number of hydrogen-bond acceptors (Lipinski definition) is 1. The molecular formula is C11H13ClO. The lowest BCUT2D eigenvalue weighted by Gasteiger charge is -2.06. The Labute approximate surface area is 83.7 Å². The van der Waals surface area contributed by atoms with Crippen LogP contribution < -0.4 is 0 Å². The molecule has 0 aliphatic carbocycles. The molecule has 1 atom stereocenters. The fraction of sp³-hybridized carbons (Fsp3) is 0.364. The van der Waals surface area contributed by atoms with E-state index >= 15 is 0 Å². The van der Waals surface area contributed by atoms with Crippen molar-refractivity contribution >= 4 is 17.4 Å². The van der Waals surface area contributed by atoms with Crippen molar-refractivity contribution in [1.29, 1.82) is 0 Å². The highest BCUT2D eigenvalue weighted by Crippen LogP contribution is 2.09. The number of ketones is 1. The minimum atomic E-state index is -0.368. The average molecular weight is 197 g/mol. The van der Waals surface area contributed by atoms with Crippen LogP contribution in [0.5, 0.6) is 0 Å². The molecule has 0 radical (unpaired) electrons. The molecule has 0 bridgehead atoms. The maximum Gasteiger partial charge on any atom is 0.150 e. The number of alkyl halides is 1. The van der Waals surface area contributed by atoms with Crippen LogP contribution in [0, 0.1) is 0 Å². The van der Waals surface area contributed by atoms with Gasteiger partial charge in [0, 0.05) is 6.42 Å². The van der Waals surface area contributed by atoms with E-state index < -0.39 is 0 Å². The van der Waals surface area contributed by atoms with E-state index in [1.54, 1.807) is 0 Å². The summed E-state index contributed by atoms with van der Waals surface area (Å²) in [5.74, 6) is 0.116. The third-order valence-corrected chi connectivity index (χ3v) is 2.35. The largest absolute Gasteiger partial charge is 0.298 e. The van der Waals surface area contributed by atoms with E-state index in [1.807, 2.05) is 37.3 Å². The Morgan fingerprint density at radius 2 is 2.00 bits per heavy atom. The number of hydrogen-bond donors (Lipinski definition) is 0. The van der Waals surface area contributed by atoms with E-state index in [1.165, 1.54) is 0 Å². The topological polar surface area (TPSA) is 17.1 Å². The average Bonchev–Trinajstić information content (AvgIpc) is 2.18. The Morgan fingerprint density at radius 1 is 1.38 bits per heavy atom. The highest BCUT2D eigenvalue weighted by Gasteiger charge is 2.12. The molecule has 0 aromatic heterocycles. The summed E-state index contributed by atoms with van der Waals surface area (Å²) in [4.78, 5) is 11.2. The quantitative estimate of drug-likeness (QED) is 0.677. The van der Waals surface area contributed by atoms with Crippen molar-refractivity contribution < 1.29 is 4.79 Å². The minimum Gasteiger partial charge on any atom is -0.298 e. The van der Waals surface area contributed by atoms with Crippen LogP contribution in [-0.4, -0.2) is 11.2 Å². The van der Waals surface area contributed by atoms with Crippen LogP contribution in [0.25, 0.3) is 0 Å². The van der Waals surface area contributed by atoms with Gasteiger partial charge in [-0.2, -0.15) is 0 Å². The molecule has 0 amide bonds. The van der Waals surface area contributed by atoms with Gasteiger partial charge in [-0.25, -0.2) is 0 Å². The van der Waals surface area contributed by atoms with Gasteiger partial charge in [0.1, 0.15) is 0 Å². The van der Waals surface area contributed by atoms with E-state index in [-0.39, 0.29) is 11.2 Å². The van der Waals surface area contributed by atoms with E-state index in [2.05, 4.69) is 0 Å². The first-order chi connectivity index (χ1) is 6.24. The van der Waals surface area contributed by atoms with Crippen LogP contribution in [0.15, 0.2) is 30.3 Å². The Hall–Kier alpha value is -0.820. The van der Waals surface area contributed by atoms with Gasteiger partial charge in [-0.05, 0) is 12.0 Å². The van der Waals surface area contributed by atoms with E-state index in [0.29, 0.717) is 12.8 Å². The number of halogens is 1. The highest BCUT2D eigenvalue weighted by molar-refractivity contribution is 6.31. The Bertz CT molecular complexity index is 269. The molecule has 70 valence electrons. The van der Waals surface area contributed by atoms with Gasteiger partial charge in [0.2, 0.25) is 0 Å². The predicted octanol–water partition coefficient (Wildman–Crippen LogP) is 2.82. The van der Waals surface area contributed by atoms with Crippen LogP contribution in [0.3, 0.4) is 0 Å². The molecule has 1 aromatic rings. The van der Waals surface area contributed by atoms with Crippen molar-refractivity contribution in [3.05, 3.63) is 35.9 Å². The third-order valence-electron chi connectivity index (χ3n) is 1.96. The van der Waals surface area contributed by atoms with E-state index in [9.17, 15) is 4.79 Å². The van der Waals surface area contributed by atoms with Gasteiger partial charge in [-0.3, -0.25) is 4.79 Å². The van der Waals surface area contributed by atoms with Crippen LogP contribution in [-0.2, 0) is 11.2 Å². The molecule has 1 aromatic carbocycles. The second-order valence-corrected chi connectivity index (χ2v) is 3.50. The lowest BCUT2D eigenvalue weighted by molar-refractivity contribution is -0.118. The molecule has 2 heteroatoms. The second-order valence-electron chi connectivity index (χ2n) is 2.98. The Morgan fingerprint density at radius 3 is 2.54 bits per heavy atom. The summed E-state index contributed by atoms with van der Waals surface area (Å²) < 4.78 is 0. The van der Waals surface area contributed by atoms with Crippen LogP contribution in [0.2, 0.25) is 0 Å². The molecule has 0 saturated heterocycles. The van der Waals surface area contributed by atoms with E-state index in [4.69, 9.17) is 11.6 Å². The SMILES string of the molecule is CCC(=O)C(Cl)Cc1ccccc1. The number of rotatable bonds is 4. The molecule has 1 nitrogen and oxygen atoms in total. The fourth-order valence-corrected chi connectivity index (χ4v) is 1.49. The zero-order valence-electron chi connectivity index (χ0n) is 7.66. The van der Waals surface area contributed by atoms with E-state index in [0.717, 1.165) is 5.56 Å². The molecule has 0 N–H and O–H groups in total. The van der Waals surface area contributed by atoms with Crippen molar-refractivity contribution in [1.82, 2.24) is 0 Å². The predicted molar refractivity (Wildman–Crippen MR) is 55.1 cm³/mol.